The van der Waals surface area contributed by atoms with Crippen LogP contribution in [-0.2, 0) is 6.54 Å². The third-order valence-electron chi connectivity index (χ3n) is 4.77. The summed E-state index contributed by atoms with van der Waals surface area (Å²) < 4.78 is 6.73. The van der Waals surface area contributed by atoms with Crippen molar-refractivity contribution in [2.24, 2.45) is 4.99 Å². The molecule has 4 aromatic rings. The van der Waals surface area contributed by atoms with E-state index in [1.807, 2.05) is 54.6 Å². The second-order valence-electron chi connectivity index (χ2n) is 6.83. The summed E-state index contributed by atoms with van der Waals surface area (Å²) in [6.45, 7) is 1.79. The van der Waals surface area contributed by atoms with Crippen molar-refractivity contribution in [1.82, 2.24) is 25.2 Å². The minimum absolute atomic E-state index is 0.127. The maximum Gasteiger partial charge on any atom is 0.267 e. The van der Waals surface area contributed by atoms with E-state index < -0.39 is 0 Å². The van der Waals surface area contributed by atoms with Gasteiger partial charge in [-0.2, -0.15) is 10.1 Å². The summed E-state index contributed by atoms with van der Waals surface area (Å²) in [5.41, 5.74) is 3.23. The van der Waals surface area contributed by atoms with Crippen LogP contribution in [0.25, 0.3) is 22.7 Å². The Morgan fingerprint density at radius 2 is 1.73 bits per heavy atom. The highest BCUT2D eigenvalue weighted by Gasteiger charge is 2.13. The zero-order valence-electron chi connectivity index (χ0n) is 16.0. The van der Waals surface area contributed by atoms with E-state index in [2.05, 4.69) is 25.5 Å². The summed E-state index contributed by atoms with van der Waals surface area (Å²) >= 11 is 0. The molecule has 2 aromatic carbocycles. The molecule has 2 aromatic heterocycles. The molecule has 0 saturated heterocycles. The number of aromatic nitrogens is 4. The lowest BCUT2D eigenvalue weighted by molar-refractivity contribution is 0.418. The number of rotatable bonds is 5. The van der Waals surface area contributed by atoms with Gasteiger partial charge >= 0.3 is 0 Å². The second-order valence-corrected chi connectivity index (χ2v) is 6.83. The first-order valence-corrected chi connectivity index (χ1v) is 9.61. The summed E-state index contributed by atoms with van der Waals surface area (Å²) in [7, 11) is 0. The van der Waals surface area contributed by atoms with Crippen LogP contribution in [0.2, 0.25) is 0 Å². The molecule has 0 amide bonds. The molecule has 1 aliphatic rings. The molecule has 0 fully saturated rings. The standard InChI is InChI=1S/C22H18N6O2/c29-20-11-10-18(15-4-2-1-3-5-15)26-28(20)14-19-25-22(30-27-19)17-8-6-16(7-9-17)21-23-12-13-24-21/h1-11H,12-14H2,(H,23,24). The van der Waals surface area contributed by atoms with Gasteiger partial charge in [-0.05, 0) is 18.2 Å². The summed E-state index contributed by atoms with van der Waals surface area (Å²) in [6.07, 6.45) is 0. The van der Waals surface area contributed by atoms with Crippen molar-refractivity contribution in [2.45, 2.75) is 6.54 Å². The SMILES string of the molecule is O=c1ccc(-c2ccccc2)nn1Cc1noc(-c2ccc(C3=NCCN3)cc2)n1. The maximum absolute atomic E-state index is 12.2. The number of nitrogens with zero attached hydrogens (tertiary/aromatic N) is 5. The fraction of sp³-hybridized carbons (Fsp3) is 0.136. The van der Waals surface area contributed by atoms with Crippen molar-refractivity contribution < 1.29 is 4.52 Å². The number of aliphatic imine (C=N–C) groups is 1. The molecule has 0 aliphatic carbocycles. The first-order chi connectivity index (χ1) is 14.8. The average Bonchev–Trinajstić information content (AvgIpc) is 3.49. The normalized spacial score (nSPS) is 13.1. The van der Waals surface area contributed by atoms with E-state index in [-0.39, 0.29) is 12.1 Å². The maximum atomic E-state index is 12.2. The number of benzene rings is 2. The van der Waals surface area contributed by atoms with Gasteiger partial charge in [-0.1, -0.05) is 47.6 Å². The van der Waals surface area contributed by atoms with Gasteiger partial charge in [-0.3, -0.25) is 9.79 Å². The molecule has 0 unspecified atom stereocenters. The monoisotopic (exact) mass is 398 g/mol. The third kappa shape index (κ3) is 3.62. The van der Waals surface area contributed by atoms with E-state index in [0.717, 1.165) is 35.6 Å². The van der Waals surface area contributed by atoms with Crippen LogP contribution in [-0.4, -0.2) is 38.8 Å². The zero-order chi connectivity index (χ0) is 20.3. The Kier molecular flexibility index (Phi) is 4.65. The Morgan fingerprint density at radius 3 is 2.50 bits per heavy atom. The van der Waals surface area contributed by atoms with Gasteiger partial charge in [0.25, 0.3) is 11.4 Å². The predicted octanol–water partition coefficient (Wildman–Crippen LogP) is 2.36. The number of amidine groups is 1. The van der Waals surface area contributed by atoms with E-state index in [1.54, 1.807) is 6.07 Å². The minimum Gasteiger partial charge on any atom is -0.368 e. The molecule has 148 valence electrons. The average molecular weight is 398 g/mol. The first kappa shape index (κ1) is 18.0. The van der Waals surface area contributed by atoms with Crippen LogP contribution < -0.4 is 10.9 Å². The quantitative estimate of drug-likeness (QED) is 0.554. The molecule has 1 N–H and O–H groups in total. The minimum atomic E-state index is -0.227. The Bertz CT molecular complexity index is 1260. The van der Waals surface area contributed by atoms with Crippen LogP contribution in [0.15, 0.2) is 81.0 Å². The number of hydrogen-bond acceptors (Lipinski definition) is 7. The van der Waals surface area contributed by atoms with Crippen LogP contribution in [0, 0.1) is 0 Å². The molecule has 5 rings (SSSR count). The smallest absolute Gasteiger partial charge is 0.267 e. The van der Waals surface area contributed by atoms with E-state index in [0.29, 0.717) is 17.4 Å². The van der Waals surface area contributed by atoms with Gasteiger partial charge in [0.1, 0.15) is 12.4 Å². The molecule has 0 atom stereocenters. The summed E-state index contributed by atoms with van der Waals surface area (Å²) in [5, 5.41) is 11.7. The Labute approximate surface area is 171 Å². The van der Waals surface area contributed by atoms with Crippen molar-refractivity contribution in [3.8, 4) is 22.7 Å². The van der Waals surface area contributed by atoms with Crippen LogP contribution in [0.3, 0.4) is 0 Å². The van der Waals surface area contributed by atoms with Crippen molar-refractivity contribution in [1.29, 1.82) is 0 Å². The van der Waals surface area contributed by atoms with Gasteiger partial charge in [-0.25, -0.2) is 4.68 Å². The molecule has 0 saturated carbocycles. The molecule has 8 nitrogen and oxygen atoms in total. The Balaban J connectivity index is 1.37. The van der Waals surface area contributed by atoms with Gasteiger partial charge in [-0.15, -0.1) is 0 Å². The number of hydrogen-bond donors (Lipinski definition) is 1. The molecule has 3 heterocycles. The van der Waals surface area contributed by atoms with Gasteiger partial charge < -0.3 is 9.84 Å². The summed E-state index contributed by atoms with van der Waals surface area (Å²) in [5.74, 6) is 1.68. The third-order valence-corrected chi connectivity index (χ3v) is 4.77. The second kappa shape index (κ2) is 7.75. The highest BCUT2D eigenvalue weighted by atomic mass is 16.5. The lowest BCUT2D eigenvalue weighted by atomic mass is 10.1. The summed E-state index contributed by atoms with van der Waals surface area (Å²) in [6, 6.07) is 20.6. The molecule has 30 heavy (non-hydrogen) atoms. The topological polar surface area (TPSA) is 98.2 Å². The van der Waals surface area contributed by atoms with E-state index in [1.165, 1.54) is 10.7 Å². The molecular formula is C22H18N6O2. The van der Waals surface area contributed by atoms with E-state index in [9.17, 15) is 4.79 Å². The molecule has 8 heteroatoms. The van der Waals surface area contributed by atoms with Crippen LogP contribution in [0.4, 0.5) is 0 Å². The molecular weight excluding hydrogens is 380 g/mol. The van der Waals surface area contributed by atoms with Gasteiger partial charge in [0.2, 0.25) is 0 Å². The van der Waals surface area contributed by atoms with Gasteiger partial charge in [0.15, 0.2) is 5.82 Å². The highest BCUT2D eigenvalue weighted by molar-refractivity contribution is 5.99. The molecule has 0 bridgehead atoms. The molecule has 0 spiro atoms. The van der Waals surface area contributed by atoms with E-state index >= 15 is 0 Å². The Hall–Kier alpha value is -4.07. The number of nitrogens with one attached hydrogen (secondary N) is 1. The Morgan fingerprint density at radius 1 is 0.933 bits per heavy atom. The van der Waals surface area contributed by atoms with Crippen molar-refractivity contribution in [3.63, 3.8) is 0 Å². The molecule has 1 aliphatic heterocycles. The van der Waals surface area contributed by atoms with E-state index in [4.69, 9.17) is 4.52 Å². The van der Waals surface area contributed by atoms with Crippen LogP contribution in [0.1, 0.15) is 11.4 Å². The van der Waals surface area contributed by atoms with Crippen molar-refractivity contribution in [3.05, 3.63) is 88.5 Å². The fourth-order valence-corrected chi connectivity index (χ4v) is 3.26. The highest BCUT2D eigenvalue weighted by Crippen LogP contribution is 2.19. The van der Waals surface area contributed by atoms with Crippen molar-refractivity contribution in [2.75, 3.05) is 13.1 Å². The predicted molar refractivity (Wildman–Crippen MR) is 112 cm³/mol. The lowest BCUT2D eigenvalue weighted by Crippen LogP contribution is -2.23. The van der Waals surface area contributed by atoms with Crippen LogP contribution in [0.5, 0.6) is 0 Å². The van der Waals surface area contributed by atoms with Crippen molar-refractivity contribution >= 4 is 5.84 Å². The summed E-state index contributed by atoms with van der Waals surface area (Å²) in [4.78, 5) is 21.1. The van der Waals surface area contributed by atoms with Gasteiger partial charge in [0.05, 0.1) is 12.2 Å². The fourth-order valence-electron chi connectivity index (χ4n) is 3.26. The van der Waals surface area contributed by atoms with Gasteiger partial charge in [0, 0.05) is 29.3 Å². The first-order valence-electron chi connectivity index (χ1n) is 9.61. The van der Waals surface area contributed by atoms with Crippen LogP contribution >= 0.6 is 0 Å². The zero-order valence-corrected chi connectivity index (χ0v) is 16.0. The molecule has 0 radical (unpaired) electrons. The lowest BCUT2D eigenvalue weighted by Gasteiger charge is -2.05. The largest absolute Gasteiger partial charge is 0.368 e.